The second-order valence-electron chi connectivity index (χ2n) is 5.33. The highest BCUT2D eigenvalue weighted by molar-refractivity contribution is 5.85. The molecule has 2 rings (SSSR count). The number of hydrogen-bond donors (Lipinski definition) is 1. The van der Waals surface area contributed by atoms with Gasteiger partial charge in [-0.1, -0.05) is 0 Å². The average Bonchev–Trinajstić information content (AvgIpc) is 2.39. The second-order valence-corrected chi connectivity index (χ2v) is 5.33. The van der Waals surface area contributed by atoms with E-state index in [0.29, 0.717) is 6.04 Å². The summed E-state index contributed by atoms with van der Waals surface area (Å²) in [6, 6.07) is 4.23. The van der Waals surface area contributed by atoms with Crippen LogP contribution in [0, 0.1) is 0 Å². The molecule has 0 radical (unpaired) electrons. The number of hydrogen-bond acceptors (Lipinski definition) is 4. The predicted octanol–water partition coefficient (Wildman–Crippen LogP) is 1.31. The molecule has 2 heterocycles. The molecule has 5 nitrogen and oxygen atoms in total. The van der Waals surface area contributed by atoms with Gasteiger partial charge in [-0.2, -0.15) is 0 Å². The molecule has 0 saturated carbocycles. The minimum atomic E-state index is -0.965. The van der Waals surface area contributed by atoms with Crippen molar-refractivity contribution in [3.05, 3.63) is 29.6 Å². The van der Waals surface area contributed by atoms with E-state index in [2.05, 4.69) is 28.9 Å². The highest BCUT2D eigenvalue weighted by Crippen LogP contribution is 2.16. The molecule has 0 unspecified atom stereocenters. The van der Waals surface area contributed by atoms with Crippen molar-refractivity contribution in [2.45, 2.75) is 25.4 Å². The number of rotatable bonds is 4. The maximum Gasteiger partial charge on any atom is 0.354 e. The lowest BCUT2D eigenvalue weighted by molar-refractivity contribution is 0.0690. The van der Waals surface area contributed by atoms with E-state index in [1.54, 1.807) is 12.3 Å². The molecule has 19 heavy (non-hydrogen) atoms. The molecule has 0 amide bonds. The molecule has 1 aliphatic heterocycles. The number of pyridine rings is 1. The number of carboxylic acid groups (broad SMARTS) is 1. The Morgan fingerprint density at radius 2 is 2.16 bits per heavy atom. The van der Waals surface area contributed by atoms with E-state index in [-0.39, 0.29) is 5.69 Å². The number of carboxylic acids is 1. The van der Waals surface area contributed by atoms with Crippen LogP contribution in [0.15, 0.2) is 18.3 Å². The Hall–Kier alpha value is -1.46. The molecular weight excluding hydrogens is 242 g/mol. The van der Waals surface area contributed by atoms with E-state index in [1.165, 1.54) is 12.8 Å². The number of nitrogens with zero attached hydrogens (tertiary/aromatic N) is 3. The van der Waals surface area contributed by atoms with E-state index >= 15 is 0 Å². The lowest BCUT2D eigenvalue weighted by Gasteiger charge is -2.35. The van der Waals surface area contributed by atoms with Crippen LogP contribution >= 0.6 is 0 Å². The standard InChI is InChI=1S/C14H21N3O2/c1-16(2)12-4-7-17(8-5-12)10-11-3-6-15-13(9-11)14(18)19/h3,6,9,12H,4-5,7-8,10H2,1-2H3,(H,18,19). The van der Waals surface area contributed by atoms with Crippen LogP contribution < -0.4 is 0 Å². The highest BCUT2D eigenvalue weighted by atomic mass is 16.4. The number of carbonyl (C=O) groups is 1. The zero-order valence-electron chi connectivity index (χ0n) is 11.5. The van der Waals surface area contributed by atoms with Gasteiger partial charge < -0.3 is 10.0 Å². The molecule has 1 aromatic heterocycles. The minimum absolute atomic E-state index is 0.126. The van der Waals surface area contributed by atoms with Crippen LogP contribution in [0.5, 0.6) is 0 Å². The molecule has 0 aliphatic carbocycles. The van der Waals surface area contributed by atoms with Crippen molar-refractivity contribution in [3.63, 3.8) is 0 Å². The van der Waals surface area contributed by atoms with Crippen molar-refractivity contribution in [2.75, 3.05) is 27.2 Å². The molecule has 0 aromatic carbocycles. The summed E-state index contributed by atoms with van der Waals surface area (Å²) in [6.45, 7) is 2.93. The topological polar surface area (TPSA) is 56.7 Å². The lowest BCUT2D eigenvalue weighted by atomic mass is 10.0. The molecule has 0 spiro atoms. The quantitative estimate of drug-likeness (QED) is 0.887. The Morgan fingerprint density at radius 1 is 1.47 bits per heavy atom. The third kappa shape index (κ3) is 3.75. The second kappa shape index (κ2) is 6.12. The van der Waals surface area contributed by atoms with Crippen LogP contribution in [0.3, 0.4) is 0 Å². The van der Waals surface area contributed by atoms with E-state index in [1.807, 2.05) is 6.07 Å². The summed E-state index contributed by atoms with van der Waals surface area (Å²) in [5, 5.41) is 8.93. The molecule has 104 valence electrons. The summed E-state index contributed by atoms with van der Waals surface area (Å²) in [6.07, 6.45) is 3.92. The first-order chi connectivity index (χ1) is 9.06. The number of aromatic carboxylic acids is 1. The van der Waals surface area contributed by atoms with Crippen molar-refractivity contribution >= 4 is 5.97 Å². The SMILES string of the molecule is CN(C)C1CCN(Cc2ccnc(C(=O)O)c2)CC1. The summed E-state index contributed by atoms with van der Waals surface area (Å²) in [4.78, 5) is 19.4. The maximum absolute atomic E-state index is 10.9. The molecule has 1 saturated heterocycles. The van der Waals surface area contributed by atoms with Gasteiger partial charge in [-0.25, -0.2) is 9.78 Å². The Bertz CT molecular complexity index is 440. The van der Waals surface area contributed by atoms with Gasteiger partial charge in [-0.05, 0) is 57.7 Å². The summed E-state index contributed by atoms with van der Waals surface area (Å²) < 4.78 is 0. The molecule has 1 aromatic rings. The maximum atomic E-state index is 10.9. The van der Waals surface area contributed by atoms with Crippen molar-refractivity contribution in [3.8, 4) is 0 Å². The van der Waals surface area contributed by atoms with Crippen LogP contribution in [0.4, 0.5) is 0 Å². The first kappa shape index (κ1) is 14.0. The summed E-state index contributed by atoms with van der Waals surface area (Å²) in [5.41, 5.74) is 1.15. The van der Waals surface area contributed by atoms with Crippen LogP contribution in [-0.4, -0.2) is 59.1 Å². The molecule has 1 N–H and O–H groups in total. The minimum Gasteiger partial charge on any atom is -0.477 e. The van der Waals surface area contributed by atoms with Gasteiger partial charge in [0.25, 0.3) is 0 Å². The van der Waals surface area contributed by atoms with Crippen molar-refractivity contribution in [2.24, 2.45) is 0 Å². The Morgan fingerprint density at radius 3 is 2.74 bits per heavy atom. The fourth-order valence-corrected chi connectivity index (χ4v) is 2.54. The zero-order chi connectivity index (χ0) is 13.8. The lowest BCUT2D eigenvalue weighted by Crippen LogP contribution is -2.41. The highest BCUT2D eigenvalue weighted by Gasteiger charge is 2.20. The van der Waals surface area contributed by atoms with Gasteiger partial charge in [-0.15, -0.1) is 0 Å². The molecule has 5 heteroatoms. The first-order valence-electron chi connectivity index (χ1n) is 6.63. The van der Waals surface area contributed by atoms with Crippen molar-refractivity contribution in [1.82, 2.24) is 14.8 Å². The first-order valence-corrected chi connectivity index (χ1v) is 6.63. The van der Waals surface area contributed by atoms with E-state index in [0.717, 1.165) is 25.2 Å². The van der Waals surface area contributed by atoms with Crippen LogP contribution in [0.1, 0.15) is 28.9 Å². The smallest absolute Gasteiger partial charge is 0.354 e. The normalized spacial score (nSPS) is 17.8. The predicted molar refractivity (Wildman–Crippen MR) is 73.2 cm³/mol. The van der Waals surface area contributed by atoms with E-state index < -0.39 is 5.97 Å². The Labute approximate surface area is 113 Å². The number of aromatic nitrogens is 1. The van der Waals surface area contributed by atoms with Gasteiger partial charge in [0.05, 0.1) is 0 Å². The van der Waals surface area contributed by atoms with Gasteiger partial charge in [0, 0.05) is 18.8 Å². The van der Waals surface area contributed by atoms with Crippen molar-refractivity contribution in [1.29, 1.82) is 0 Å². The van der Waals surface area contributed by atoms with Gasteiger partial charge >= 0.3 is 5.97 Å². The van der Waals surface area contributed by atoms with Gasteiger partial charge in [0.1, 0.15) is 5.69 Å². The Balaban J connectivity index is 1.92. The Kier molecular flexibility index (Phi) is 4.50. The fourth-order valence-electron chi connectivity index (χ4n) is 2.54. The molecular formula is C14H21N3O2. The molecule has 1 aliphatic rings. The third-order valence-electron chi connectivity index (χ3n) is 3.74. The molecule has 0 bridgehead atoms. The van der Waals surface area contributed by atoms with E-state index in [9.17, 15) is 4.79 Å². The number of likely N-dealkylation sites (tertiary alicyclic amines) is 1. The molecule has 0 atom stereocenters. The van der Waals surface area contributed by atoms with Crippen LogP contribution in [-0.2, 0) is 6.54 Å². The van der Waals surface area contributed by atoms with Crippen LogP contribution in [0.2, 0.25) is 0 Å². The van der Waals surface area contributed by atoms with Crippen molar-refractivity contribution < 1.29 is 9.90 Å². The monoisotopic (exact) mass is 263 g/mol. The molecule has 1 fully saturated rings. The largest absolute Gasteiger partial charge is 0.477 e. The van der Waals surface area contributed by atoms with Gasteiger partial charge in [0.15, 0.2) is 0 Å². The summed E-state index contributed by atoms with van der Waals surface area (Å²) >= 11 is 0. The number of piperidine rings is 1. The summed E-state index contributed by atoms with van der Waals surface area (Å²) in [7, 11) is 4.25. The summed E-state index contributed by atoms with van der Waals surface area (Å²) in [5.74, 6) is -0.965. The fraction of sp³-hybridized carbons (Fsp3) is 0.571. The third-order valence-corrected chi connectivity index (χ3v) is 3.74. The van der Waals surface area contributed by atoms with Gasteiger partial charge in [-0.3, -0.25) is 4.90 Å². The van der Waals surface area contributed by atoms with E-state index in [4.69, 9.17) is 5.11 Å². The van der Waals surface area contributed by atoms with Gasteiger partial charge in [0.2, 0.25) is 0 Å². The zero-order valence-corrected chi connectivity index (χ0v) is 11.5. The average molecular weight is 263 g/mol. The van der Waals surface area contributed by atoms with Crippen LogP contribution in [0.25, 0.3) is 0 Å².